The Bertz CT molecular complexity index is 806. The molecule has 1 amide bonds. The van der Waals surface area contributed by atoms with Crippen LogP contribution in [-0.2, 0) is 26.2 Å². The van der Waals surface area contributed by atoms with Gasteiger partial charge in [-0.15, -0.1) is 0 Å². The van der Waals surface area contributed by atoms with Gasteiger partial charge in [0.1, 0.15) is 0 Å². The monoisotopic (exact) mass is 478 g/mol. The number of hydrazine groups is 1. The number of ether oxygens (including phenoxy) is 1. The van der Waals surface area contributed by atoms with Crippen LogP contribution in [0.2, 0.25) is 5.02 Å². The molecule has 0 fully saturated rings. The fraction of sp³-hybridized carbons (Fsp3) is 0.429. The first-order valence-corrected chi connectivity index (χ1v) is 7.72. The van der Waals surface area contributed by atoms with E-state index in [1.54, 1.807) is 0 Å². The standard InChI is InChI=1S/C14H9ClF10N2O3/c1-2-30-10(29)9(28)27-26-8-6(12(17,18)19)3-5(4-7(8)15)11(16,13(20,21)22)14(23,24)25/h3-4,26H,2H2,1H3,(H,27,28). The summed E-state index contributed by atoms with van der Waals surface area (Å²) in [4.78, 5) is 22.4. The van der Waals surface area contributed by atoms with E-state index in [9.17, 15) is 53.5 Å². The minimum atomic E-state index is -6.69. The van der Waals surface area contributed by atoms with Crippen molar-refractivity contribution in [3.63, 3.8) is 0 Å². The first-order valence-electron chi connectivity index (χ1n) is 7.34. The summed E-state index contributed by atoms with van der Waals surface area (Å²) >= 11 is 5.34. The van der Waals surface area contributed by atoms with E-state index in [2.05, 4.69) is 4.74 Å². The van der Waals surface area contributed by atoms with Crippen LogP contribution in [0.4, 0.5) is 49.6 Å². The number of alkyl halides is 10. The molecule has 0 spiro atoms. The second-order valence-electron chi connectivity index (χ2n) is 5.33. The van der Waals surface area contributed by atoms with Gasteiger partial charge in [-0.05, 0) is 19.1 Å². The van der Waals surface area contributed by atoms with Crippen LogP contribution in [0.3, 0.4) is 0 Å². The zero-order chi connectivity index (χ0) is 23.7. The third-order valence-corrected chi connectivity index (χ3v) is 3.63. The Labute approximate surface area is 165 Å². The number of esters is 1. The molecule has 1 aromatic carbocycles. The lowest BCUT2D eigenvalue weighted by Crippen LogP contribution is -2.50. The van der Waals surface area contributed by atoms with Gasteiger partial charge < -0.3 is 4.74 Å². The van der Waals surface area contributed by atoms with Crippen LogP contribution >= 0.6 is 11.6 Å². The Kier molecular flexibility index (Phi) is 7.12. The molecule has 0 aliphatic carbocycles. The molecule has 16 heteroatoms. The summed E-state index contributed by atoms with van der Waals surface area (Å²) in [6.07, 6.45) is -19.0. The van der Waals surface area contributed by atoms with Crippen LogP contribution in [0, 0.1) is 0 Å². The summed E-state index contributed by atoms with van der Waals surface area (Å²) in [5.41, 5.74) is -9.60. The number of rotatable bonds is 4. The van der Waals surface area contributed by atoms with E-state index >= 15 is 0 Å². The largest absolute Gasteiger partial charge is 0.459 e. The van der Waals surface area contributed by atoms with E-state index in [-0.39, 0.29) is 12.7 Å². The molecule has 0 aliphatic heterocycles. The van der Waals surface area contributed by atoms with E-state index < -0.39 is 64.0 Å². The predicted octanol–water partition coefficient (Wildman–Crippen LogP) is 4.65. The summed E-state index contributed by atoms with van der Waals surface area (Å²) < 4.78 is 135. The second kappa shape index (κ2) is 8.35. The molecule has 0 heterocycles. The molecule has 0 unspecified atom stereocenters. The number of amides is 1. The van der Waals surface area contributed by atoms with Crippen LogP contribution in [0.1, 0.15) is 18.1 Å². The van der Waals surface area contributed by atoms with Crippen molar-refractivity contribution in [3.05, 3.63) is 28.3 Å². The third kappa shape index (κ3) is 4.99. The van der Waals surface area contributed by atoms with Gasteiger partial charge in [0.25, 0.3) is 0 Å². The molecule has 2 N–H and O–H groups in total. The van der Waals surface area contributed by atoms with Crippen LogP contribution in [-0.4, -0.2) is 30.8 Å². The number of hydrogen-bond donors (Lipinski definition) is 2. The lowest BCUT2D eigenvalue weighted by molar-refractivity contribution is -0.348. The van der Waals surface area contributed by atoms with Crippen molar-refractivity contribution in [3.8, 4) is 0 Å². The van der Waals surface area contributed by atoms with Crippen LogP contribution in [0.15, 0.2) is 12.1 Å². The average Bonchev–Trinajstić information content (AvgIpc) is 2.56. The summed E-state index contributed by atoms with van der Waals surface area (Å²) in [5.74, 6) is -3.25. The molecule has 170 valence electrons. The Morgan fingerprint density at radius 1 is 0.967 bits per heavy atom. The summed E-state index contributed by atoms with van der Waals surface area (Å²) in [6, 6.07) is -1.12. The maximum atomic E-state index is 14.1. The Hall–Kier alpha value is -2.45. The molecule has 30 heavy (non-hydrogen) atoms. The van der Waals surface area contributed by atoms with Gasteiger partial charge in [-0.1, -0.05) is 11.6 Å². The fourth-order valence-corrected chi connectivity index (χ4v) is 2.28. The first-order chi connectivity index (χ1) is 13.4. The Balaban J connectivity index is 3.57. The highest BCUT2D eigenvalue weighted by Crippen LogP contribution is 2.55. The highest BCUT2D eigenvalue weighted by Gasteiger charge is 2.73. The van der Waals surface area contributed by atoms with Crippen molar-refractivity contribution in [2.24, 2.45) is 0 Å². The van der Waals surface area contributed by atoms with Crippen LogP contribution in [0.5, 0.6) is 0 Å². The van der Waals surface area contributed by atoms with Crippen molar-refractivity contribution in [1.82, 2.24) is 5.43 Å². The number of hydrogen-bond acceptors (Lipinski definition) is 4. The molecule has 0 aliphatic rings. The molecule has 0 bridgehead atoms. The van der Waals surface area contributed by atoms with Gasteiger partial charge in [-0.3, -0.25) is 15.6 Å². The van der Waals surface area contributed by atoms with Crippen molar-refractivity contribution < 1.29 is 58.2 Å². The number of carbonyl (C=O) groups excluding carboxylic acids is 2. The van der Waals surface area contributed by atoms with Gasteiger partial charge in [0.05, 0.1) is 22.9 Å². The SMILES string of the molecule is CCOC(=O)C(=O)NNc1c(Cl)cc(C(F)(C(F)(F)F)C(F)(F)F)cc1C(F)(F)F. The topological polar surface area (TPSA) is 67.4 Å². The Morgan fingerprint density at radius 3 is 1.87 bits per heavy atom. The molecule has 1 rings (SSSR count). The maximum absolute atomic E-state index is 14.1. The molecule has 0 atom stereocenters. The van der Waals surface area contributed by atoms with E-state index in [0.717, 1.165) is 0 Å². The van der Waals surface area contributed by atoms with E-state index in [4.69, 9.17) is 11.6 Å². The highest BCUT2D eigenvalue weighted by atomic mass is 35.5. The number of benzene rings is 1. The van der Waals surface area contributed by atoms with E-state index in [0.29, 0.717) is 0 Å². The number of nitrogens with one attached hydrogen (secondary N) is 2. The zero-order valence-corrected chi connectivity index (χ0v) is 15.0. The van der Waals surface area contributed by atoms with E-state index in [1.165, 1.54) is 17.8 Å². The summed E-state index contributed by atoms with van der Waals surface area (Å²) in [6.45, 7) is 0.976. The van der Waals surface area contributed by atoms with Gasteiger partial charge in [0, 0.05) is 5.56 Å². The van der Waals surface area contributed by atoms with Gasteiger partial charge in [-0.2, -0.15) is 39.5 Å². The molecule has 5 nitrogen and oxygen atoms in total. The molecular formula is C14H9ClF10N2O3. The smallest absolute Gasteiger partial charge is 0.435 e. The normalized spacial score (nSPS) is 13.1. The summed E-state index contributed by atoms with van der Waals surface area (Å²) in [5, 5.41) is -1.47. The molecule has 0 radical (unpaired) electrons. The number of anilines is 1. The lowest BCUT2D eigenvalue weighted by atomic mass is 9.92. The molecule has 0 saturated carbocycles. The minimum absolute atomic E-state index is 0.303. The predicted molar refractivity (Wildman–Crippen MR) is 79.7 cm³/mol. The van der Waals surface area contributed by atoms with Gasteiger partial charge in [-0.25, -0.2) is 9.18 Å². The van der Waals surface area contributed by atoms with Crippen molar-refractivity contribution in [2.45, 2.75) is 31.1 Å². The van der Waals surface area contributed by atoms with E-state index in [1.807, 2.05) is 0 Å². The number of halogens is 11. The lowest BCUT2D eigenvalue weighted by Gasteiger charge is -2.31. The molecule has 0 aromatic heterocycles. The summed E-state index contributed by atoms with van der Waals surface area (Å²) in [7, 11) is 0. The third-order valence-electron chi connectivity index (χ3n) is 3.34. The number of carbonyl (C=O) groups is 2. The Morgan fingerprint density at radius 2 is 1.47 bits per heavy atom. The molecule has 0 saturated heterocycles. The van der Waals surface area contributed by atoms with Crippen molar-refractivity contribution in [1.29, 1.82) is 0 Å². The van der Waals surface area contributed by atoms with Gasteiger partial charge in [0.15, 0.2) is 0 Å². The fourth-order valence-electron chi connectivity index (χ4n) is 2.01. The molecule has 1 aromatic rings. The van der Waals surface area contributed by atoms with Gasteiger partial charge >= 0.3 is 36.1 Å². The zero-order valence-electron chi connectivity index (χ0n) is 14.2. The highest BCUT2D eigenvalue weighted by molar-refractivity contribution is 6.34. The van der Waals surface area contributed by atoms with Crippen LogP contribution < -0.4 is 10.9 Å². The van der Waals surface area contributed by atoms with Crippen LogP contribution in [0.25, 0.3) is 0 Å². The van der Waals surface area contributed by atoms with Gasteiger partial charge in [0.2, 0.25) is 0 Å². The van der Waals surface area contributed by atoms with Crippen molar-refractivity contribution in [2.75, 3.05) is 12.0 Å². The maximum Gasteiger partial charge on any atom is 0.435 e. The second-order valence-corrected chi connectivity index (χ2v) is 5.74. The average molecular weight is 479 g/mol. The minimum Gasteiger partial charge on any atom is -0.459 e. The quantitative estimate of drug-likeness (QED) is 0.286. The molecular weight excluding hydrogens is 470 g/mol. The first kappa shape index (κ1) is 25.6. The van der Waals surface area contributed by atoms with Crippen molar-refractivity contribution >= 4 is 29.2 Å².